The number of aliphatic imine (C=N–C) groups is 1. The SMILES string of the molecule is CN(Cc1cccnc1)c1cccc(-c2csc(NC3=NCCCN3)n2)n1. The van der Waals surface area contributed by atoms with Crippen molar-refractivity contribution in [3.63, 3.8) is 0 Å². The summed E-state index contributed by atoms with van der Waals surface area (Å²) < 4.78 is 0. The second kappa shape index (κ2) is 8.13. The third kappa shape index (κ3) is 4.40. The number of hydrogen-bond donors (Lipinski definition) is 2. The lowest BCUT2D eigenvalue weighted by Gasteiger charge is -2.18. The maximum Gasteiger partial charge on any atom is 0.197 e. The molecule has 1 aliphatic heterocycles. The molecule has 8 heteroatoms. The molecule has 0 bridgehead atoms. The second-order valence-corrected chi connectivity index (χ2v) is 7.13. The van der Waals surface area contributed by atoms with Gasteiger partial charge in [-0.25, -0.2) is 9.97 Å². The molecule has 0 aromatic carbocycles. The largest absolute Gasteiger partial charge is 0.356 e. The molecule has 0 fully saturated rings. The standard InChI is InChI=1S/C19H21N7S/c1-26(12-14-5-3-8-20-11-14)17-7-2-6-15(23-17)16-13-27-19(24-16)25-18-21-9-4-10-22-18/h2-3,5-8,11,13H,4,9-10,12H2,1H3,(H2,21,22,24,25). The van der Waals surface area contributed by atoms with Crippen LogP contribution in [-0.4, -0.2) is 41.0 Å². The van der Waals surface area contributed by atoms with Gasteiger partial charge in [-0.2, -0.15) is 0 Å². The smallest absolute Gasteiger partial charge is 0.197 e. The van der Waals surface area contributed by atoms with Crippen LogP contribution in [0.3, 0.4) is 0 Å². The fraction of sp³-hybridized carbons (Fsp3) is 0.263. The first-order valence-corrected chi connectivity index (χ1v) is 9.74. The molecule has 0 saturated carbocycles. The highest BCUT2D eigenvalue weighted by Gasteiger charge is 2.11. The predicted octanol–water partition coefficient (Wildman–Crippen LogP) is 3.00. The van der Waals surface area contributed by atoms with E-state index in [4.69, 9.17) is 4.98 Å². The number of nitrogens with zero attached hydrogens (tertiary/aromatic N) is 5. The quantitative estimate of drug-likeness (QED) is 0.710. The van der Waals surface area contributed by atoms with Crippen LogP contribution < -0.4 is 15.5 Å². The van der Waals surface area contributed by atoms with Gasteiger partial charge < -0.3 is 15.5 Å². The van der Waals surface area contributed by atoms with Crippen molar-refractivity contribution in [2.24, 2.45) is 4.99 Å². The van der Waals surface area contributed by atoms with Crippen molar-refractivity contribution < 1.29 is 0 Å². The fourth-order valence-electron chi connectivity index (χ4n) is 2.79. The van der Waals surface area contributed by atoms with Crippen LogP contribution >= 0.6 is 11.3 Å². The molecule has 0 saturated heterocycles. The average molecular weight is 379 g/mol. The molecule has 7 nitrogen and oxygen atoms in total. The lowest BCUT2D eigenvalue weighted by molar-refractivity contribution is 0.740. The first-order chi connectivity index (χ1) is 13.3. The highest BCUT2D eigenvalue weighted by atomic mass is 32.1. The minimum atomic E-state index is 0.750. The zero-order valence-corrected chi connectivity index (χ0v) is 15.9. The third-order valence-electron chi connectivity index (χ3n) is 4.16. The van der Waals surface area contributed by atoms with Crippen LogP contribution in [0.15, 0.2) is 53.1 Å². The summed E-state index contributed by atoms with van der Waals surface area (Å²) in [7, 11) is 2.03. The van der Waals surface area contributed by atoms with Crippen LogP contribution in [-0.2, 0) is 6.54 Å². The summed E-state index contributed by atoms with van der Waals surface area (Å²) in [6, 6.07) is 10.0. The maximum atomic E-state index is 4.78. The molecular formula is C19H21N7S. The number of thiazole rings is 1. The summed E-state index contributed by atoms with van der Waals surface area (Å²) in [6.45, 7) is 2.54. The summed E-state index contributed by atoms with van der Waals surface area (Å²) in [6.07, 6.45) is 4.73. The summed E-state index contributed by atoms with van der Waals surface area (Å²) >= 11 is 1.55. The molecule has 1 aliphatic rings. The van der Waals surface area contributed by atoms with E-state index in [0.29, 0.717) is 0 Å². The van der Waals surface area contributed by atoms with Gasteiger partial charge in [0.15, 0.2) is 11.1 Å². The van der Waals surface area contributed by atoms with Gasteiger partial charge in [-0.3, -0.25) is 9.98 Å². The van der Waals surface area contributed by atoms with E-state index >= 15 is 0 Å². The Balaban J connectivity index is 1.48. The predicted molar refractivity (Wildman–Crippen MR) is 110 cm³/mol. The molecule has 3 aromatic heterocycles. The van der Waals surface area contributed by atoms with Gasteiger partial charge in [-0.05, 0) is 30.2 Å². The van der Waals surface area contributed by atoms with E-state index in [-0.39, 0.29) is 0 Å². The second-order valence-electron chi connectivity index (χ2n) is 6.27. The Morgan fingerprint density at radius 1 is 1.19 bits per heavy atom. The summed E-state index contributed by atoms with van der Waals surface area (Å²) in [5, 5.41) is 9.31. The van der Waals surface area contributed by atoms with Crippen LogP contribution in [0, 0.1) is 0 Å². The van der Waals surface area contributed by atoms with Crippen LogP contribution in [0.4, 0.5) is 10.9 Å². The average Bonchev–Trinajstić information content (AvgIpc) is 3.18. The van der Waals surface area contributed by atoms with E-state index < -0.39 is 0 Å². The molecule has 138 valence electrons. The number of guanidine groups is 1. The van der Waals surface area contributed by atoms with Gasteiger partial charge in [-0.15, -0.1) is 11.3 Å². The monoisotopic (exact) mass is 379 g/mol. The molecule has 0 atom stereocenters. The van der Waals surface area contributed by atoms with Crippen molar-refractivity contribution in [2.45, 2.75) is 13.0 Å². The maximum absolute atomic E-state index is 4.78. The molecule has 4 heterocycles. The van der Waals surface area contributed by atoms with Crippen LogP contribution in [0.5, 0.6) is 0 Å². The van der Waals surface area contributed by atoms with Crippen molar-refractivity contribution in [3.8, 4) is 11.4 Å². The van der Waals surface area contributed by atoms with Gasteiger partial charge in [0.1, 0.15) is 11.5 Å². The Morgan fingerprint density at radius 2 is 2.15 bits per heavy atom. The molecule has 2 N–H and O–H groups in total. The van der Waals surface area contributed by atoms with Crippen molar-refractivity contribution in [3.05, 3.63) is 53.7 Å². The van der Waals surface area contributed by atoms with Crippen LogP contribution in [0.25, 0.3) is 11.4 Å². The number of hydrogen-bond acceptors (Lipinski definition) is 8. The Hall–Kier alpha value is -3.00. The van der Waals surface area contributed by atoms with E-state index in [1.165, 1.54) is 0 Å². The first-order valence-electron chi connectivity index (χ1n) is 8.86. The Labute approximate surface area is 162 Å². The van der Waals surface area contributed by atoms with Crippen LogP contribution in [0.2, 0.25) is 0 Å². The van der Waals surface area contributed by atoms with Crippen molar-refractivity contribution in [1.29, 1.82) is 0 Å². The van der Waals surface area contributed by atoms with Gasteiger partial charge in [0.2, 0.25) is 0 Å². The van der Waals surface area contributed by atoms with Gasteiger partial charge in [0, 0.05) is 44.5 Å². The number of anilines is 2. The third-order valence-corrected chi connectivity index (χ3v) is 4.91. The summed E-state index contributed by atoms with van der Waals surface area (Å²) in [5.41, 5.74) is 2.86. The minimum Gasteiger partial charge on any atom is -0.356 e. The van der Waals surface area contributed by atoms with Crippen molar-refractivity contribution >= 4 is 28.2 Å². The molecule has 0 unspecified atom stereocenters. The molecule has 0 aliphatic carbocycles. The zero-order valence-electron chi connectivity index (χ0n) is 15.1. The number of pyridine rings is 2. The van der Waals surface area contributed by atoms with E-state index in [2.05, 4.69) is 36.6 Å². The minimum absolute atomic E-state index is 0.750. The lowest BCUT2D eigenvalue weighted by Crippen LogP contribution is -2.35. The van der Waals surface area contributed by atoms with Crippen LogP contribution in [0.1, 0.15) is 12.0 Å². The van der Waals surface area contributed by atoms with Gasteiger partial charge in [0.25, 0.3) is 0 Å². The van der Waals surface area contributed by atoms with Gasteiger partial charge in [0.05, 0.1) is 5.69 Å². The molecule has 0 amide bonds. The molecule has 27 heavy (non-hydrogen) atoms. The summed E-state index contributed by atoms with van der Waals surface area (Å²) in [5.74, 6) is 1.69. The highest BCUT2D eigenvalue weighted by molar-refractivity contribution is 7.14. The van der Waals surface area contributed by atoms with E-state index in [1.807, 2.05) is 42.9 Å². The number of rotatable bonds is 5. The first kappa shape index (κ1) is 17.4. The Kier molecular flexibility index (Phi) is 5.24. The highest BCUT2D eigenvalue weighted by Crippen LogP contribution is 2.25. The number of nitrogens with one attached hydrogen (secondary N) is 2. The van der Waals surface area contributed by atoms with Crippen molar-refractivity contribution in [1.82, 2.24) is 20.3 Å². The molecule has 0 spiro atoms. The van der Waals surface area contributed by atoms with E-state index in [1.54, 1.807) is 17.5 Å². The van der Waals surface area contributed by atoms with Crippen molar-refractivity contribution in [2.75, 3.05) is 30.4 Å². The van der Waals surface area contributed by atoms with Gasteiger partial charge in [-0.1, -0.05) is 12.1 Å². The Morgan fingerprint density at radius 3 is 2.96 bits per heavy atom. The molecule has 3 aromatic rings. The van der Waals surface area contributed by atoms with E-state index in [0.717, 1.165) is 59.9 Å². The fourth-order valence-corrected chi connectivity index (χ4v) is 3.49. The zero-order chi connectivity index (χ0) is 18.5. The Bertz CT molecular complexity index is 923. The molecule has 0 radical (unpaired) electrons. The molecular weight excluding hydrogens is 358 g/mol. The lowest BCUT2D eigenvalue weighted by atomic mass is 10.2. The normalized spacial score (nSPS) is 13.6. The number of aromatic nitrogens is 3. The molecule has 4 rings (SSSR count). The van der Waals surface area contributed by atoms with Gasteiger partial charge >= 0.3 is 0 Å². The summed E-state index contributed by atoms with van der Waals surface area (Å²) in [4.78, 5) is 20.1. The van der Waals surface area contributed by atoms with E-state index in [9.17, 15) is 0 Å². The topological polar surface area (TPSA) is 78.3 Å².